The highest BCUT2D eigenvalue weighted by atomic mass is 19.1. The van der Waals surface area contributed by atoms with E-state index in [0.29, 0.717) is 18.9 Å². The summed E-state index contributed by atoms with van der Waals surface area (Å²) in [6, 6.07) is 13.3. The summed E-state index contributed by atoms with van der Waals surface area (Å²) in [6.45, 7) is 3.04. The summed E-state index contributed by atoms with van der Waals surface area (Å²) in [5.41, 5.74) is 2.50. The molecule has 3 rings (SSSR count). The van der Waals surface area contributed by atoms with Crippen molar-refractivity contribution in [1.29, 1.82) is 0 Å². The van der Waals surface area contributed by atoms with Crippen LogP contribution in [0.25, 0.3) is 0 Å². The van der Waals surface area contributed by atoms with E-state index in [0.717, 1.165) is 24.3 Å². The largest absolute Gasteiger partial charge is 0.379 e. The summed E-state index contributed by atoms with van der Waals surface area (Å²) in [6.07, 6.45) is 0. The van der Waals surface area contributed by atoms with Crippen molar-refractivity contribution in [3.05, 3.63) is 59.9 Å². The Bertz CT molecular complexity index is 850. The number of morpholine rings is 1. The van der Waals surface area contributed by atoms with Crippen LogP contribution in [-0.2, 0) is 14.3 Å². The Balaban J connectivity index is 1.65. The summed E-state index contributed by atoms with van der Waals surface area (Å²) in [7, 11) is 3.96. The molecule has 0 radical (unpaired) electrons. The summed E-state index contributed by atoms with van der Waals surface area (Å²) < 4.78 is 18.4. The Hall–Kier alpha value is -2.97. The lowest BCUT2D eigenvalue weighted by atomic mass is 10.0. The summed E-state index contributed by atoms with van der Waals surface area (Å²) in [4.78, 5) is 28.8. The zero-order valence-electron chi connectivity index (χ0n) is 17.2. The van der Waals surface area contributed by atoms with E-state index in [1.807, 2.05) is 43.3 Å². The molecule has 2 aromatic carbocycles. The number of hydrogen-bond acceptors (Lipinski definition) is 5. The number of nitrogens with one attached hydrogen (secondary N) is 2. The average molecular weight is 414 g/mol. The first-order valence-electron chi connectivity index (χ1n) is 9.88. The number of carbonyl (C=O) groups is 2. The van der Waals surface area contributed by atoms with Crippen molar-refractivity contribution in [3.63, 3.8) is 0 Å². The van der Waals surface area contributed by atoms with Crippen LogP contribution in [0.3, 0.4) is 0 Å². The van der Waals surface area contributed by atoms with E-state index in [2.05, 4.69) is 15.5 Å². The number of hydrogen-bond donors (Lipinski definition) is 2. The number of amides is 2. The second kappa shape index (κ2) is 10.2. The number of ether oxygens (including phenoxy) is 1. The molecular weight excluding hydrogens is 387 g/mol. The highest BCUT2D eigenvalue weighted by molar-refractivity contribution is 6.39. The minimum atomic E-state index is -0.787. The van der Waals surface area contributed by atoms with Crippen LogP contribution in [0.15, 0.2) is 48.5 Å². The van der Waals surface area contributed by atoms with Crippen LogP contribution in [0.4, 0.5) is 15.8 Å². The van der Waals surface area contributed by atoms with Crippen molar-refractivity contribution in [2.24, 2.45) is 0 Å². The molecule has 30 heavy (non-hydrogen) atoms. The first kappa shape index (κ1) is 21.7. The van der Waals surface area contributed by atoms with Crippen LogP contribution in [0, 0.1) is 5.82 Å². The molecule has 0 spiro atoms. The van der Waals surface area contributed by atoms with E-state index in [1.54, 1.807) is 0 Å². The maximum absolute atomic E-state index is 13.0. The predicted octanol–water partition coefficient (Wildman–Crippen LogP) is 2.02. The molecule has 1 saturated heterocycles. The van der Waals surface area contributed by atoms with Gasteiger partial charge in [-0.1, -0.05) is 12.1 Å². The van der Waals surface area contributed by atoms with Crippen molar-refractivity contribution in [2.45, 2.75) is 6.04 Å². The zero-order chi connectivity index (χ0) is 21.5. The molecule has 1 fully saturated rings. The van der Waals surface area contributed by atoms with E-state index in [-0.39, 0.29) is 12.6 Å². The van der Waals surface area contributed by atoms with Crippen LogP contribution in [0.2, 0.25) is 0 Å². The molecule has 1 heterocycles. The lowest BCUT2D eigenvalue weighted by molar-refractivity contribution is -0.136. The van der Waals surface area contributed by atoms with E-state index >= 15 is 0 Å². The Labute approximate surface area is 175 Å². The van der Waals surface area contributed by atoms with E-state index in [9.17, 15) is 14.0 Å². The smallest absolute Gasteiger partial charge is 0.313 e. The third-order valence-electron chi connectivity index (χ3n) is 5.04. The number of nitrogens with zero attached hydrogens (tertiary/aromatic N) is 2. The van der Waals surface area contributed by atoms with Crippen LogP contribution < -0.4 is 15.5 Å². The normalized spacial score (nSPS) is 15.3. The molecule has 8 heteroatoms. The Morgan fingerprint density at radius 3 is 2.27 bits per heavy atom. The molecule has 0 unspecified atom stereocenters. The fourth-order valence-corrected chi connectivity index (χ4v) is 3.33. The van der Waals surface area contributed by atoms with E-state index < -0.39 is 17.6 Å². The summed E-state index contributed by atoms with van der Waals surface area (Å²) in [5, 5.41) is 5.20. The molecule has 2 N–H and O–H groups in total. The molecule has 2 amide bonds. The van der Waals surface area contributed by atoms with Crippen molar-refractivity contribution in [3.8, 4) is 0 Å². The van der Waals surface area contributed by atoms with Gasteiger partial charge in [-0.3, -0.25) is 14.5 Å². The third-order valence-corrected chi connectivity index (χ3v) is 5.04. The van der Waals surface area contributed by atoms with Gasteiger partial charge in [0.1, 0.15) is 5.82 Å². The number of halogens is 1. The summed E-state index contributed by atoms with van der Waals surface area (Å²) >= 11 is 0. The van der Waals surface area contributed by atoms with Crippen LogP contribution in [-0.4, -0.2) is 63.7 Å². The lowest BCUT2D eigenvalue weighted by Crippen LogP contribution is -2.45. The summed E-state index contributed by atoms with van der Waals surface area (Å²) in [5.74, 6) is -1.93. The topological polar surface area (TPSA) is 73.9 Å². The van der Waals surface area contributed by atoms with Gasteiger partial charge in [-0.05, 0) is 42.0 Å². The monoisotopic (exact) mass is 414 g/mol. The molecule has 7 nitrogen and oxygen atoms in total. The van der Waals surface area contributed by atoms with Crippen LogP contribution in [0.5, 0.6) is 0 Å². The highest BCUT2D eigenvalue weighted by Crippen LogP contribution is 2.23. The molecular formula is C22H27FN4O3. The highest BCUT2D eigenvalue weighted by Gasteiger charge is 2.24. The molecule has 160 valence electrons. The van der Waals surface area contributed by atoms with Gasteiger partial charge in [-0.25, -0.2) is 4.39 Å². The number of carbonyl (C=O) groups excluding carboxylic acids is 2. The third kappa shape index (κ3) is 5.77. The van der Waals surface area contributed by atoms with Crippen molar-refractivity contribution >= 4 is 23.2 Å². The number of benzene rings is 2. The molecule has 0 bridgehead atoms. The Kier molecular flexibility index (Phi) is 7.37. The molecule has 1 atom stereocenters. The maximum atomic E-state index is 13.0. The zero-order valence-corrected chi connectivity index (χ0v) is 17.2. The van der Waals surface area contributed by atoms with Gasteiger partial charge in [0.15, 0.2) is 0 Å². The molecule has 1 aliphatic rings. The fraction of sp³-hybridized carbons (Fsp3) is 0.364. The van der Waals surface area contributed by atoms with Crippen LogP contribution in [0.1, 0.15) is 11.6 Å². The van der Waals surface area contributed by atoms with Crippen LogP contribution >= 0.6 is 0 Å². The standard InChI is InChI=1S/C22H27FN4O3/c1-26(2)19-9-3-16(4-10-19)20(27-11-13-30-14-12-27)15-24-21(28)22(29)25-18-7-5-17(23)6-8-18/h3-10,20H,11-15H2,1-2H3,(H,24,28)(H,25,29)/t20-/m1/s1. The number of anilines is 2. The first-order valence-corrected chi connectivity index (χ1v) is 9.88. The Morgan fingerprint density at radius 1 is 1.03 bits per heavy atom. The minimum absolute atomic E-state index is 0.0762. The minimum Gasteiger partial charge on any atom is -0.379 e. The second-order valence-corrected chi connectivity index (χ2v) is 7.32. The van der Waals surface area contributed by atoms with Crippen molar-refractivity contribution < 1.29 is 18.7 Å². The van der Waals surface area contributed by atoms with Gasteiger partial charge in [0.2, 0.25) is 0 Å². The van der Waals surface area contributed by atoms with Gasteiger partial charge in [-0.15, -0.1) is 0 Å². The van der Waals surface area contributed by atoms with Gasteiger partial charge in [-0.2, -0.15) is 0 Å². The first-order chi connectivity index (χ1) is 14.4. The van der Waals surface area contributed by atoms with Gasteiger partial charge in [0.05, 0.1) is 19.3 Å². The molecule has 0 aliphatic carbocycles. The van der Waals surface area contributed by atoms with Gasteiger partial charge < -0.3 is 20.3 Å². The molecule has 1 aliphatic heterocycles. The molecule has 2 aromatic rings. The maximum Gasteiger partial charge on any atom is 0.313 e. The predicted molar refractivity (Wildman–Crippen MR) is 114 cm³/mol. The van der Waals surface area contributed by atoms with E-state index in [1.165, 1.54) is 24.3 Å². The lowest BCUT2D eigenvalue weighted by Gasteiger charge is -2.35. The fourth-order valence-electron chi connectivity index (χ4n) is 3.33. The SMILES string of the molecule is CN(C)c1ccc([C@@H](CNC(=O)C(=O)Nc2ccc(F)cc2)N2CCOCC2)cc1. The number of rotatable bonds is 6. The van der Waals surface area contributed by atoms with Crippen molar-refractivity contribution in [1.82, 2.24) is 10.2 Å². The van der Waals surface area contributed by atoms with Crippen molar-refractivity contribution in [2.75, 3.05) is 57.2 Å². The molecule has 0 aromatic heterocycles. The van der Waals surface area contributed by atoms with E-state index in [4.69, 9.17) is 4.74 Å². The quantitative estimate of drug-likeness (QED) is 0.708. The second-order valence-electron chi connectivity index (χ2n) is 7.32. The Morgan fingerprint density at radius 2 is 1.67 bits per heavy atom. The van der Waals surface area contributed by atoms with Gasteiger partial charge in [0.25, 0.3) is 0 Å². The van der Waals surface area contributed by atoms with Gasteiger partial charge >= 0.3 is 11.8 Å². The molecule has 0 saturated carbocycles. The van der Waals surface area contributed by atoms with Gasteiger partial charge in [0, 0.05) is 45.1 Å². The average Bonchev–Trinajstić information content (AvgIpc) is 2.76.